The van der Waals surface area contributed by atoms with Gasteiger partial charge in [0, 0.05) is 63.0 Å². The van der Waals surface area contributed by atoms with Gasteiger partial charge in [0.2, 0.25) is 5.95 Å². The summed E-state index contributed by atoms with van der Waals surface area (Å²) >= 11 is 0. The molecule has 0 unspecified atom stereocenters. The number of nitrogens with zero attached hydrogens (tertiary/aromatic N) is 7. The van der Waals surface area contributed by atoms with E-state index in [1.807, 2.05) is 12.1 Å². The predicted octanol–water partition coefficient (Wildman–Crippen LogP) is 3.07. The largest absolute Gasteiger partial charge is 0.387 e. The summed E-state index contributed by atoms with van der Waals surface area (Å²) in [5.41, 5.74) is 3.61. The highest BCUT2D eigenvalue weighted by Crippen LogP contribution is 2.30. The van der Waals surface area contributed by atoms with Crippen LogP contribution in [0, 0.1) is 0 Å². The molecule has 10 heteroatoms. The van der Waals surface area contributed by atoms with Crippen molar-refractivity contribution in [3.63, 3.8) is 0 Å². The van der Waals surface area contributed by atoms with Crippen LogP contribution in [-0.2, 0) is 13.0 Å². The van der Waals surface area contributed by atoms with Crippen LogP contribution in [0.5, 0.6) is 0 Å². The molecule has 0 saturated carbocycles. The molecule has 1 saturated heterocycles. The molecule has 9 nitrogen and oxygen atoms in total. The molecule has 0 spiro atoms. The number of alkyl halides is 1. The number of rotatable bonds is 7. The molecule has 0 amide bonds. The van der Waals surface area contributed by atoms with Crippen LogP contribution in [0.1, 0.15) is 42.8 Å². The van der Waals surface area contributed by atoms with Gasteiger partial charge < -0.3 is 20.2 Å². The van der Waals surface area contributed by atoms with Gasteiger partial charge in [0.1, 0.15) is 17.5 Å². The van der Waals surface area contributed by atoms with Gasteiger partial charge >= 0.3 is 0 Å². The first kappa shape index (κ1) is 24.7. The molecular weight excluding hydrogens is 459 g/mol. The van der Waals surface area contributed by atoms with E-state index in [9.17, 15) is 9.50 Å². The second kappa shape index (κ2) is 10.6. The van der Waals surface area contributed by atoms with Crippen molar-refractivity contribution < 1.29 is 9.50 Å². The van der Waals surface area contributed by atoms with Crippen molar-refractivity contribution in [2.45, 2.75) is 45.0 Å². The van der Waals surface area contributed by atoms with Crippen molar-refractivity contribution in [1.82, 2.24) is 29.7 Å². The van der Waals surface area contributed by atoms with Gasteiger partial charge in [0.25, 0.3) is 0 Å². The molecule has 2 N–H and O–H groups in total. The van der Waals surface area contributed by atoms with Crippen LogP contribution in [0.3, 0.4) is 0 Å². The van der Waals surface area contributed by atoms with Gasteiger partial charge in [-0.1, -0.05) is 6.07 Å². The van der Waals surface area contributed by atoms with Crippen molar-refractivity contribution in [2.24, 2.45) is 0 Å². The lowest BCUT2D eigenvalue weighted by molar-refractivity contribution is 0.194. The van der Waals surface area contributed by atoms with Gasteiger partial charge in [-0.3, -0.25) is 4.90 Å². The Morgan fingerprint density at radius 1 is 1.17 bits per heavy atom. The lowest BCUT2D eigenvalue weighted by atomic mass is 10.1. The number of aromatic nitrogens is 4. The Labute approximate surface area is 211 Å². The van der Waals surface area contributed by atoms with Gasteiger partial charge in [0.15, 0.2) is 5.82 Å². The second-order valence-electron chi connectivity index (χ2n) is 10.1. The standard InChI is InChI=1S/C26H35FN8O/c1-17(36)22-14-19-15-28-26(32-24(19)25(30-22)35-10-6-20(27)7-11-35)31-23-5-4-18-16-34(13-12-33(2)3)9-8-21(18)29-23/h4-5,14-15,17,20,36H,6-13,16H2,1-3H3,(H,28,29,31,32)/t17-/m1/s1. The maximum Gasteiger partial charge on any atom is 0.229 e. The summed E-state index contributed by atoms with van der Waals surface area (Å²) in [6.07, 6.45) is 2.08. The van der Waals surface area contributed by atoms with Crippen molar-refractivity contribution in [3.8, 4) is 0 Å². The van der Waals surface area contributed by atoms with Crippen LogP contribution < -0.4 is 10.2 Å². The molecular formula is C26H35FN8O. The zero-order chi connectivity index (χ0) is 25.2. The van der Waals surface area contributed by atoms with Crippen LogP contribution in [-0.4, -0.2) is 87.8 Å². The molecule has 3 aromatic rings. The monoisotopic (exact) mass is 494 g/mol. The van der Waals surface area contributed by atoms with Crippen molar-refractivity contribution in [3.05, 3.63) is 41.3 Å². The summed E-state index contributed by atoms with van der Waals surface area (Å²) in [6, 6.07) is 5.93. The highest BCUT2D eigenvalue weighted by molar-refractivity contribution is 5.89. The molecule has 2 aliphatic heterocycles. The molecule has 0 radical (unpaired) electrons. The van der Waals surface area contributed by atoms with E-state index < -0.39 is 12.3 Å². The minimum atomic E-state index is -0.783. The van der Waals surface area contributed by atoms with Gasteiger partial charge in [-0.05, 0) is 51.6 Å². The van der Waals surface area contributed by atoms with E-state index in [1.54, 1.807) is 13.1 Å². The molecule has 2 aliphatic rings. The predicted molar refractivity (Wildman–Crippen MR) is 139 cm³/mol. The molecule has 3 aromatic heterocycles. The van der Waals surface area contributed by atoms with Crippen LogP contribution in [0.2, 0.25) is 0 Å². The third-order valence-electron chi connectivity index (χ3n) is 6.95. The highest BCUT2D eigenvalue weighted by Gasteiger charge is 2.23. The third-order valence-corrected chi connectivity index (χ3v) is 6.95. The number of fused-ring (bicyclic) bond motifs is 2. The van der Waals surface area contributed by atoms with E-state index in [-0.39, 0.29) is 0 Å². The van der Waals surface area contributed by atoms with Gasteiger partial charge in [-0.25, -0.2) is 24.3 Å². The quantitative estimate of drug-likeness (QED) is 0.514. The first-order valence-corrected chi connectivity index (χ1v) is 12.7. The smallest absolute Gasteiger partial charge is 0.229 e. The highest BCUT2D eigenvalue weighted by atomic mass is 19.1. The number of aliphatic hydroxyl groups excluding tert-OH is 1. The van der Waals surface area contributed by atoms with Gasteiger partial charge in [-0.2, -0.15) is 0 Å². The Bertz CT molecular complexity index is 1210. The van der Waals surface area contributed by atoms with Crippen LogP contribution in [0.25, 0.3) is 10.9 Å². The SMILES string of the molecule is C[C@@H](O)c1cc2cnc(Nc3ccc4c(n3)CCN(CCN(C)C)C4)nc2c(N2CCC(F)CC2)n1. The Kier molecular flexibility index (Phi) is 7.27. The molecule has 5 rings (SSSR count). The molecule has 1 fully saturated rings. The molecule has 0 aliphatic carbocycles. The molecule has 36 heavy (non-hydrogen) atoms. The fraction of sp³-hybridized carbons (Fsp3) is 0.538. The van der Waals surface area contributed by atoms with Crippen LogP contribution in [0.4, 0.5) is 22.0 Å². The lowest BCUT2D eigenvalue weighted by Gasteiger charge is -2.30. The summed E-state index contributed by atoms with van der Waals surface area (Å²) in [4.78, 5) is 25.6. The fourth-order valence-corrected chi connectivity index (χ4v) is 4.79. The number of anilines is 3. The Balaban J connectivity index is 1.38. The molecule has 1 atom stereocenters. The molecule has 5 heterocycles. The van der Waals surface area contributed by atoms with Crippen LogP contribution in [0.15, 0.2) is 24.4 Å². The van der Waals surface area contributed by atoms with E-state index >= 15 is 0 Å². The fourth-order valence-electron chi connectivity index (χ4n) is 4.79. The van der Waals surface area contributed by atoms with Crippen molar-refractivity contribution in [1.29, 1.82) is 0 Å². The van der Waals surface area contributed by atoms with E-state index in [0.29, 0.717) is 54.7 Å². The van der Waals surface area contributed by atoms with E-state index in [1.165, 1.54) is 5.56 Å². The number of likely N-dealkylation sites (N-methyl/N-ethyl adjacent to an activating group) is 1. The number of aliphatic hydroxyl groups is 1. The Morgan fingerprint density at radius 3 is 2.72 bits per heavy atom. The average molecular weight is 495 g/mol. The Morgan fingerprint density at radius 2 is 1.97 bits per heavy atom. The minimum Gasteiger partial charge on any atom is -0.387 e. The minimum absolute atomic E-state index is 0.437. The topological polar surface area (TPSA) is 93.5 Å². The number of piperidine rings is 1. The van der Waals surface area contributed by atoms with E-state index in [2.05, 4.69) is 45.2 Å². The summed E-state index contributed by atoms with van der Waals surface area (Å²) < 4.78 is 13.8. The number of halogens is 1. The van der Waals surface area contributed by atoms with Crippen LogP contribution >= 0.6 is 0 Å². The van der Waals surface area contributed by atoms with Crippen molar-refractivity contribution in [2.75, 3.05) is 57.0 Å². The maximum absolute atomic E-state index is 13.8. The first-order chi connectivity index (χ1) is 17.4. The maximum atomic E-state index is 13.8. The van der Waals surface area contributed by atoms with E-state index in [4.69, 9.17) is 15.0 Å². The normalized spacial score (nSPS) is 18.0. The number of hydrogen-bond acceptors (Lipinski definition) is 9. The molecule has 0 aromatic carbocycles. The van der Waals surface area contributed by atoms with Crippen molar-refractivity contribution >= 4 is 28.5 Å². The number of hydrogen-bond donors (Lipinski definition) is 2. The second-order valence-corrected chi connectivity index (χ2v) is 10.1. The Hall–Kier alpha value is -2.95. The molecule has 0 bridgehead atoms. The summed E-state index contributed by atoms with van der Waals surface area (Å²) in [6.45, 7) is 6.83. The average Bonchev–Trinajstić information content (AvgIpc) is 2.87. The zero-order valence-corrected chi connectivity index (χ0v) is 21.3. The van der Waals surface area contributed by atoms with Gasteiger partial charge in [-0.15, -0.1) is 0 Å². The molecule has 192 valence electrons. The lowest BCUT2D eigenvalue weighted by Crippen LogP contribution is -2.36. The third kappa shape index (κ3) is 5.55. The summed E-state index contributed by atoms with van der Waals surface area (Å²) in [7, 11) is 4.20. The summed E-state index contributed by atoms with van der Waals surface area (Å²) in [5.74, 6) is 1.81. The van der Waals surface area contributed by atoms with Gasteiger partial charge in [0.05, 0.1) is 11.8 Å². The number of pyridine rings is 2. The summed E-state index contributed by atoms with van der Waals surface area (Å²) in [5, 5.41) is 14.2. The zero-order valence-electron chi connectivity index (χ0n) is 21.3. The van der Waals surface area contributed by atoms with E-state index in [0.717, 1.165) is 43.7 Å². The number of nitrogens with one attached hydrogen (secondary N) is 1. The first-order valence-electron chi connectivity index (χ1n) is 12.7.